The van der Waals surface area contributed by atoms with Crippen molar-refractivity contribution >= 4 is 11.8 Å². The summed E-state index contributed by atoms with van der Waals surface area (Å²) in [6.07, 6.45) is 22.9. The number of aromatic hydroxyl groups is 1. The summed E-state index contributed by atoms with van der Waals surface area (Å²) >= 11 is 0. The van der Waals surface area contributed by atoms with E-state index in [4.69, 9.17) is 4.74 Å². The molecule has 1 rings (SSSR count). The highest BCUT2D eigenvalue weighted by molar-refractivity contribution is 6.04. The first kappa shape index (κ1) is 26.2. The number of nitrogens with one attached hydrogen (secondary N) is 1. The number of carbonyl (C=O) groups is 2. The summed E-state index contributed by atoms with van der Waals surface area (Å²) in [5.41, 5.74) is 0.278. The minimum atomic E-state index is -0.484. The summed E-state index contributed by atoms with van der Waals surface area (Å²) in [5, 5.41) is 12.0. The average Bonchev–Trinajstić information content (AvgIpc) is 2.76. The Morgan fingerprint density at radius 1 is 0.935 bits per heavy atom. The Balaban J connectivity index is 2.06. The molecule has 170 valence electrons. The summed E-state index contributed by atoms with van der Waals surface area (Å²) in [7, 11) is 1.41. The molecule has 0 aromatic heterocycles. The lowest BCUT2D eigenvalue weighted by atomic mass is 10.1. The molecule has 1 aromatic rings. The largest absolute Gasteiger partial charge is 0.504 e. The summed E-state index contributed by atoms with van der Waals surface area (Å²) in [6.45, 7) is 2.14. The van der Waals surface area contributed by atoms with Gasteiger partial charge in [-0.25, -0.2) is 0 Å². The van der Waals surface area contributed by atoms with Crippen molar-refractivity contribution in [2.24, 2.45) is 0 Å². The van der Waals surface area contributed by atoms with Crippen LogP contribution in [0.4, 0.5) is 0 Å². The normalized spacial score (nSPS) is 11.5. The molecule has 0 heterocycles. The molecular formula is C26H37NO4. The van der Waals surface area contributed by atoms with Crippen molar-refractivity contribution in [3.05, 3.63) is 60.2 Å². The van der Waals surface area contributed by atoms with Crippen molar-refractivity contribution in [2.45, 2.75) is 71.1 Å². The lowest BCUT2D eigenvalue weighted by molar-refractivity contribution is -0.120. The van der Waals surface area contributed by atoms with Crippen molar-refractivity contribution in [2.75, 3.05) is 7.11 Å². The molecule has 5 heteroatoms. The highest BCUT2D eigenvalue weighted by Gasteiger charge is 2.12. The first-order valence-corrected chi connectivity index (χ1v) is 11.2. The van der Waals surface area contributed by atoms with Gasteiger partial charge in [-0.3, -0.25) is 14.9 Å². The van der Waals surface area contributed by atoms with E-state index in [2.05, 4.69) is 48.7 Å². The Kier molecular flexibility index (Phi) is 14.3. The number of hydrogen-bond donors (Lipinski definition) is 2. The minimum Gasteiger partial charge on any atom is -0.504 e. The van der Waals surface area contributed by atoms with Crippen LogP contribution in [0.15, 0.2) is 54.7 Å². The fourth-order valence-corrected chi connectivity index (χ4v) is 2.98. The number of methoxy groups -OCH3 is 1. The maximum Gasteiger partial charge on any atom is 0.257 e. The van der Waals surface area contributed by atoms with Gasteiger partial charge in [0.15, 0.2) is 11.5 Å². The lowest BCUT2D eigenvalue weighted by Crippen LogP contribution is -2.30. The molecule has 0 aliphatic rings. The van der Waals surface area contributed by atoms with Crippen LogP contribution >= 0.6 is 0 Å². The van der Waals surface area contributed by atoms with E-state index in [1.54, 1.807) is 0 Å². The van der Waals surface area contributed by atoms with Gasteiger partial charge in [0.2, 0.25) is 5.91 Å². The Morgan fingerprint density at radius 2 is 1.58 bits per heavy atom. The standard InChI is InChI=1S/C26H37NO4/c1-3-4-5-6-7-8-9-10-11-12-13-14-15-16-17-18-25(29)27-26(30)22-19-20-23(28)24(21-22)31-2/h4-5,7-8,10-11,19-21,28H,3,6,9,12-18H2,1-2H3,(H,27,29,30)/b5-4-,8-7-,11-10-. The maximum absolute atomic E-state index is 12.1. The van der Waals surface area contributed by atoms with Gasteiger partial charge in [0.05, 0.1) is 7.11 Å². The third-order valence-electron chi connectivity index (χ3n) is 4.75. The topological polar surface area (TPSA) is 75.6 Å². The van der Waals surface area contributed by atoms with Gasteiger partial charge in [-0.15, -0.1) is 0 Å². The number of ether oxygens (including phenoxy) is 1. The van der Waals surface area contributed by atoms with E-state index in [1.165, 1.54) is 25.3 Å². The maximum atomic E-state index is 12.1. The van der Waals surface area contributed by atoms with Gasteiger partial charge in [-0.05, 0) is 56.7 Å². The minimum absolute atomic E-state index is 0.0480. The average molecular weight is 428 g/mol. The number of hydrogen-bond acceptors (Lipinski definition) is 4. The lowest BCUT2D eigenvalue weighted by Gasteiger charge is -2.07. The predicted octanol–water partition coefficient (Wildman–Crippen LogP) is 6.25. The van der Waals surface area contributed by atoms with Crippen LogP contribution in [0.25, 0.3) is 0 Å². The molecule has 0 saturated heterocycles. The Morgan fingerprint density at radius 3 is 2.29 bits per heavy atom. The summed E-state index contributed by atoms with van der Waals surface area (Å²) in [5.74, 6) is -0.611. The molecule has 0 saturated carbocycles. The third-order valence-corrected chi connectivity index (χ3v) is 4.75. The smallest absolute Gasteiger partial charge is 0.257 e. The molecule has 0 atom stereocenters. The molecule has 0 fully saturated rings. The van der Waals surface area contributed by atoms with E-state index in [1.807, 2.05) is 0 Å². The van der Waals surface area contributed by atoms with E-state index in [0.717, 1.165) is 57.8 Å². The van der Waals surface area contributed by atoms with Crippen LogP contribution < -0.4 is 10.1 Å². The summed E-state index contributed by atoms with van der Waals surface area (Å²) in [4.78, 5) is 24.1. The number of amides is 2. The second kappa shape index (κ2) is 16.9. The molecule has 0 unspecified atom stereocenters. The Labute approximate surface area is 186 Å². The van der Waals surface area contributed by atoms with Gasteiger partial charge in [0.25, 0.3) is 5.91 Å². The number of carbonyl (C=O) groups excluding carboxylic acids is 2. The van der Waals surface area contributed by atoms with Crippen LogP contribution in [-0.4, -0.2) is 24.0 Å². The van der Waals surface area contributed by atoms with Crippen LogP contribution in [-0.2, 0) is 4.79 Å². The molecule has 2 N–H and O–H groups in total. The number of benzene rings is 1. The van der Waals surface area contributed by atoms with Gasteiger partial charge in [0, 0.05) is 12.0 Å². The van der Waals surface area contributed by atoms with Crippen LogP contribution in [0.2, 0.25) is 0 Å². The van der Waals surface area contributed by atoms with Gasteiger partial charge < -0.3 is 9.84 Å². The molecule has 0 bridgehead atoms. The fourth-order valence-electron chi connectivity index (χ4n) is 2.98. The zero-order chi connectivity index (χ0) is 22.7. The Bertz CT molecular complexity index is 750. The number of phenols is 1. The summed E-state index contributed by atoms with van der Waals surface area (Å²) < 4.78 is 4.98. The van der Waals surface area contributed by atoms with E-state index < -0.39 is 5.91 Å². The number of phenolic OH excluding ortho intramolecular Hbond substituents is 1. The molecule has 0 aliphatic carbocycles. The molecular weight excluding hydrogens is 390 g/mol. The highest BCUT2D eigenvalue weighted by Crippen LogP contribution is 2.26. The zero-order valence-corrected chi connectivity index (χ0v) is 18.9. The van der Waals surface area contributed by atoms with Crippen molar-refractivity contribution in [3.63, 3.8) is 0 Å². The van der Waals surface area contributed by atoms with Crippen molar-refractivity contribution in [3.8, 4) is 11.5 Å². The van der Waals surface area contributed by atoms with Crippen LogP contribution in [0.1, 0.15) is 81.5 Å². The number of imide groups is 1. The van der Waals surface area contributed by atoms with Crippen molar-refractivity contribution < 1.29 is 19.4 Å². The monoisotopic (exact) mass is 427 g/mol. The predicted molar refractivity (Wildman–Crippen MR) is 126 cm³/mol. The SMILES string of the molecule is CC/C=C\C/C=C\C/C=C\CCCCCCCC(=O)NC(=O)c1ccc(O)c(OC)c1. The molecule has 0 radical (unpaired) electrons. The van der Waals surface area contributed by atoms with Gasteiger partial charge in [-0.1, -0.05) is 62.6 Å². The molecule has 0 spiro atoms. The van der Waals surface area contributed by atoms with Gasteiger partial charge in [-0.2, -0.15) is 0 Å². The first-order chi connectivity index (χ1) is 15.1. The van der Waals surface area contributed by atoms with E-state index in [9.17, 15) is 14.7 Å². The third kappa shape index (κ3) is 12.5. The summed E-state index contributed by atoms with van der Waals surface area (Å²) in [6, 6.07) is 4.24. The van der Waals surface area contributed by atoms with Crippen LogP contribution in [0.3, 0.4) is 0 Å². The number of rotatable bonds is 15. The van der Waals surface area contributed by atoms with Crippen LogP contribution in [0.5, 0.6) is 11.5 Å². The zero-order valence-electron chi connectivity index (χ0n) is 18.9. The first-order valence-electron chi connectivity index (χ1n) is 11.2. The Hall–Kier alpha value is -2.82. The molecule has 2 amide bonds. The van der Waals surface area contributed by atoms with E-state index >= 15 is 0 Å². The number of allylic oxidation sites excluding steroid dienone is 6. The number of unbranched alkanes of at least 4 members (excludes halogenated alkanes) is 5. The van der Waals surface area contributed by atoms with Crippen LogP contribution in [0, 0.1) is 0 Å². The highest BCUT2D eigenvalue weighted by atomic mass is 16.5. The van der Waals surface area contributed by atoms with E-state index in [0.29, 0.717) is 6.42 Å². The van der Waals surface area contributed by atoms with Crippen molar-refractivity contribution in [1.29, 1.82) is 0 Å². The fraction of sp³-hybridized carbons (Fsp3) is 0.462. The van der Waals surface area contributed by atoms with Gasteiger partial charge >= 0.3 is 0 Å². The molecule has 1 aromatic carbocycles. The van der Waals surface area contributed by atoms with E-state index in [-0.39, 0.29) is 23.0 Å². The second-order valence-electron chi connectivity index (χ2n) is 7.36. The van der Waals surface area contributed by atoms with Crippen molar-refractivity contribution in [1.82, 2.24) is 5.32 Å². The molecule has 31 heavy (non-hydrogen) atoms. The van der Waals surface area contributed by atoms with Gasteiger partial charge in [0.1, 0.15) is 0 Å². The second-order valence-corrected chi connectivity index (χ2v) is 7.36. The quantitative estimate of drug-likeness (QED) is 0.256. The molecule has 0 aliphatic heterocycles. The molecule has 5 nitrogen and oxygen atoms in total.